The number of amides is 1. The van der Waals surface area contributed by atoms with Gasteiger partial charge in [0.1, 0.15) is 0 Å². The van der Waals surface area contributed by atoms with E-state index in [1.54, 1.807) is 0 Å². The van der Waals surface area contributed by atoms with Gasteiger partial charge in [-0.2, -0.15) is 0 Å². The summed E-state index contributed by atoms with van der Waals surface area (Å²) in [4.78, 5) is 23.1. The van der Waals surface area contributed by atoms with E-state index in [2.05, 4.69) is 5.32 Å². The van der Waals surface area contributed by atoms with E-state index in [-0.39, 0.29) is 17.9 Å². The molecule has 1 saturated carbocycles. The number of aliphatic carboxylic acids is 1. The third-order valence-electron chi connectivity index (χ3n) is 3.82. The first-order valence-corrected chi connectivity index (χ1v) is 7.82. The van der Waals surface area contributed by atoms with E-state index < -0.39 is 11.9 Å². The summed E-state index contributed by atoms with van der Waals surface area (Å²) in [6.07, 6.45) is 3.21. The van der Waals surface area contributed by atoms with Gasteiger partial charge in [-0.15, -0.1) is 0 Å². The molecular formula is C16H29NO4. The van der Waals surface area contributed by atoms with Crippen LogP contribution in [0.4, 0.5) is 0 Å². The van der Waals surface area contributed by atoms with Gasteiger partial charge in [0.15, 0.2) is 0 Å². The van der Waals surface area contributed by atoms with Crippen LogP contribution >= 0.6 is 0 Å². The van der Waals surface area contributed by atoms with Crippen LogP contribution in [0.2, 0.25) is 0 Å². The van der Waals surface area contributed by atoms with Crippen molar-refractivity contribution in [1.82, 2.24) is 5.32 Å². The molecule has 0 aromatic rings. The fraction of sp³-hybridized carbons (Fsp3) is 0.875. The highest BCUT2D eigenvalue weighted by atomic mass is 16.5. The molecular weight excluding hydrogens is 270 g/mol. The molecule has 0 aromatic heterocycles. The molecule has 0 heterocycles. The fourth-order valence-corrected chi connectivity index (χ4v) is 2.77. The second kappa shape index (κ2) is 7.78. The molecule has 1 amide bonds. The van der Waals surface area contributed by atoms with Crippen molar-refractivity contribution in [3.63, 3.8) is 0 Å². The lowest BCUT2D eigenvalue weighted by atomic mass is 9.80. The summed E-state index contributed by atoms with van der Waals surface area (Å²) in [6.45, 7) is 8.93. The Balaban J connectivity index is 2.26. The Labute approximate surface area is 127 Å². The third-order valence-corrected chi connectivity index (χ3v) is 3.82. The van der Waals surface area contributed by atoms with Crippen molar-refractivity contribution < 1.29 is 19.4 Å². The van der Waals surface area contributed by atoms with Crippen LogP contribution in [0.15, 0.2) is 0 Å². The molecule has 0 saturated heterocycles. The monoisotopic (exact) mass is 299 g/mol. The quantitative estimate of drug-likeness (QED) is 0.722. The van der Waals surface area contributed by atoms with Crippen molar-refractivity contribution in [3.05, 3.63) is 0 Å². The summed E-state index contributed by atoms with van der Waals surface area (Å²) < 4.78 is 5.46. The number of hydrogen-bond acceptors (Lipinski definition) is 3. The topological polar surface area (TPSA) is 75.6 Å². The van der Waals surface area contributed by atoms with Crippen LogP contribution in [-0.4, -0.2) is 36.2 Å². The Kier molecular flexibility index (Phi) is 6.65. The van der Waals surface area contributed by atoms with Crippen molar-refractivity contribution in [2.24, 2.45) is 17.3 Å². The number of carboxylic acids is 1. The maximum atomic E-state index is 11.9. The van der Waals surface area contributed by atoms with Crippen molar-refractivity contribution in [3.8, 4) is 0 Å². The van der Waals surface area contributed by atoms with Crippen LogP contribution < -0.4 is 5.32 Å². The zero-order valence-electron chi connectivity index (χ0n) is 13.6. The van der Waals surface area contributed by atoms with Gasteiger partial charge in [-0.1, -0.05) is 20.8 Å². The number of carbonyl (C=O) groups excluding carboxylic acids is 1. The third kappa shape index (κ3) is 6.93. The van der Waals surface area contributed by atoms with E-state index in [1.807, 2.05) is 27.7 Å². The average Bonchev–Trinajstić information content (AvgIpc) is 2.30. The van der Waals surface area contributed by atoms with E-state index in [4.69, 9.17) is 4.74 Å². The molecule has 0 radical (unpaired) electrons. The van der Waals surface area contributed by atoms with Crippen LogP contribution in [0.3, 0.4) is 0 Å². The van der Waals surface area contributed by atoms with Crippen LogP contribution in [0.5, 0.6) is 0 Å². The average molecular weight is 299 g/mol. The zero-order valence-corrected chi connectivity index (χ0v) is 13.6. The summed E-state index contributed by atoms with van der Waals surface area (Å²) in [5.41, 5.74) is -0.0630. The van der Waals surface area contributed by atoms with E-state index in [1.165, 1.54) is 0 Å². The SMILES string of the molecule is CCOC1CC(CC(=O)NCC(CC(C)(C)C)C(=O)O)C1. The number of carboxylic acid groups (broad SMARTS) is 1. The minimum Gasteiger partial charge on any atom is -0.481 e. The minimum absolute atomic E-state index is 0.0462. The first-order valence-electron chi connectivity index (χ1n) is 7.82. The van der Waals surface area contributed by atoms with Gasteiger partial charge in [-0.25, -0.2) is 0 Å². The number of carbonyl (C=O) groups is 2. The number of hydrogen-bond donors (Lipinski definition) is 2. The lowest BCUT2D eigenvalue weighted by Crippen LogP contribution is -2.38. The molecule has 1 unspecified atom stereocenters. The Morgan fingerprint density at radius 3 is 2.43 bits per heavy atom. The molecule has 0 spiro atoms. The van der Waals surface area contributed by atoms with Gasteiger partial charge < -0.3 is 15.2 Å². The Hall–Kier alpha value is -1.10. The van der Waals surface area contributed by atoms with Gasteiger partial charge in [0, 0.05) is 19.6 Å². The van der Waals surface area contributed by atoms with Crippen LogP contribution in [0.1, 0.15) is 53.4 Å². The maximum absolute atomic E-state index is 11.9. The first kappa shape index (κ1) is 18.0. The predicted molar refractivity (Wildman–Crippen MR) is 81.0 cm³/mol. The van der Waals surface area contributed by atoms with Crippen molar-refractivity contribution in [2.75, 3.05) is 13.2 Å². The second-order valence-corrected chi connectivity index (χ2v) is 7.22. The molecule has 0 bridgehead atoms. The Morgan fingerprint density at radius 2 is 1.95 bits per heavy atom. The molecule has 21 heavy (non-hydrogen) atoms. The van der Waals surface area contributed by atoms with Gasteiger partial charge in [0.2, 0.25) is 5.91 Å². The molecule has 0 aliphatic heterocycles. The van der Waals surface area contributed by atoms with Crippen LogP contribution in [-0.2, 0) is 14.3 Å². The smallest absolute Gasteiger partial charge is 0.308 e. The molecule has 122 valence electrons. The molecule has 1 atom stereocenters. The molecule has 0 aromatic carbocycles. The highest BCUT2D eigenvalue weighted by Gasteiger charge is 2.31. The van der Waals surface area contributed by atoms with Gasteiger partial charge in [0.25, 0.3) is 0 Å². The van der Waals surface area contributed by atoms with E-state index >= 15 is 0 Å². The molecule has 5 heteroatoms. The molecule has 5 nitrogen and oxygen atoms in total. The first-order chi connectivity index (χ1) is 9.71. The summed E-state index contributed by atoms with van der Waals surface area (Å²) in [6, 6.07) is 0. The van der Waals surface area contributed by atoms with E-state index in [0.29, 0.717) is 24.9 Å². The molecule has 2 N–H and O–H groups in total. The minimum atomic E-state index is -0.842. The lowest BCUT2D eigenvalue weighted by Gasteiger charge is -2.34. The summed E-state index contributed by atoms with van der Waals surface area (Å²) in [5.74, 6) is -1.03. The maximum Gasteiger partial charge on any atom is 0.308 e. The highest BCUT2D eigenvalue weighted by molar-refractivity contribution is 5.77. The van der Waals surface area contributed by atoms with Gasteiger partial charge in [-0.05, 0) is 37.5 Å². The van der Waals surface area contributed by atoms with E-state index in [9.17, 15) is 14.7 Å². The number of rotatable bonds is 8. The molecule has 1 aliphatic rings. The Morgan fingerprint density at radius 1 is 1.33 bits per heavy atom. The normalized spacial score (nSPS) is 23.2. The standard InChI is InChI=1S/C16H29NO4/c1-5-21-13-6-11(7-13)8-14(18)17-10-12(15(19)20)9-16(2,3)4/h11-13H,5-10H2,1-4H3,(H,17,18)(H,19,20). The van der Waals surface area contributed by atoms with Gasteiger partial charge in [-0.3, -0.25) is 9.59 Å². The summed E-state index contributed by atoms with van der Waals surface area (Å²) >= 11 is 0. The van der Waals surface area contributed by atoms with Crippen LogP contribution in [0, 0.1) is 17.3 Å². The van der Waals surface area contributed by atoms with Gasteiger partial charge in [0.05, 0.1) is 12.0 Å². The highest BCUT2D eigenvalue weighted by Crippen LogP contribution is 2.32. The second-order valence-electron chi connectivity index (χ2n) is 7.22. The number of ether oxygens (including phenoxy) is 1. The van der Waals surface area contributed by atoms with Crippen molar-refractivity contribution in [1.29, 1.82) is 0 Å². The van der Waals surface area contributed by atoms with E-state index in [0.717, 1.165) is 19.4 Å². The summed E-state index contributed by atoms with van der Waals surface area (Å²) in [5, 5.41) is 12.0. The van der Waals surface area contributed by atoms with Gasteiger partial charge >= 0.3 is 5.97 Å². The Bertz CT molecular complexity index is 356. The molecule has 1 rings (SSSR count). The molecule has 1 aliphatic carbocycles. The number of nitrogens with one attached hydrogen (secondary N) is 1. The lowest BCUT2D eigenvalue weighted by molar-refractivity contribution is -0.142. The van der Waals surface area contributed by atoms with Crippen LogP contribution in [0.25, 0.3) is 0 Å². The van der Waals surface area contributed by atoms with Crippen molar-refractivity contribution >= 4 is 11.9 Å². The zero-order chi connectivity index (χ0) is 16.0. The van der Waals surface area contributed by atoms with Crippen molar-refractivity contribution in [2.45, 2.75) is 59.5 Å². The predicted octanol–water partition coefficient (Wildman–Crippen LogP) is 2.44. The fourth-order valence-electron chi connectivity index (χ4n) is 2.77. The molecule has 1 fully saturated rings. The summed E-state index contributed by atoms with van der Waals surface area (Å²) in [7, 11) is 0. The largest absolute Gasteiger partial charge is 0.481 e.